The number of hydrogen-bond acceptors (Lipinski definition) is 6. The molecule has 4 unspecified atom stereocenters. The summed E-state index contributed by atoms with van der Waals surface area (Å²) in [5, 5.41) is 0. The summed E-state index contributed by atoms with van der Waals surface area (Å²) < 4.78 is 25.2. The fourth-order valence-corrected chi connectivity index (χ4v) is 10.8. The van der Waals surface area contributed by atoms with Gasteiger partial charge in [-0.2, -0.15) is 0 Å². The first kappa shape index (κ1) is 6.88. The Morgan fingerprint density at radius 2 is 1.27 bits per heavy atom. The van der Waals surface area contributed by atoms with Crippen LogP contribution in [0.15, 0.2) is 22.6 Å². The second kappa shape index (κ2) is 2.45. The van der Waals surface area contributed by atoms with Crippen molar-refractivity contribution < 1.29 is 0 Å². The lowest BCUT2D eigenvalue weighted by Gasteiger charge is -1.84. The summed E-state index contributed by atoms with van der Waals surface area (Å²) >= 11 is 0.118. The second-order valence-corrected chi connectivity index (χ2v) is 8.91. The Kier molecular flexibility index (Phi) is 1.53. The smallest absolute Gasteiger partial charge is 0.124 e. The Hall–Kier alpha value is 0.420. The SMILES string of the molecule is N1=S=NS2=NS3=NS1=NS3=N2. The summed E-state index contributed by atoms with van der Waals surface area (Å²) in [7, 11) is -0.617. The summed E-state index contributed by atoms with van der Waals surface area (Å²) in [5.41, 5.74) is 0. The van der Waals surface area contributed by atoms with Crippen LogP contribution in [0.25, 0.3) is 0 Å². The summed E-state index contributed by atoms with van der Waals surface area (Å²) in [6.45, 7) is 0. The fourth-order valence-electron chi connectivity index (χ4n) is 0.519. The van der Waals surface area contributed by atoms with E-state index in [-0.39, 0.29) is 19.8 Å². The monoisotopic (exact) mass is 244 g/mol. The molecule has 0 aromatic heterocycles. The average Bonchev–Trinajstić information content (AvgIpc) is 2.33. The van der Waals surface area contributed by atoms with Crippen molar-refractivity contribution in [2.75, 3.05) is 0 Å². The van der Waals surface area contributed by atoms with E-state index in [2.05, 4.69) is 22.6 Å². The zero-order chi connectivity index (χ0) is 7.26. The van der Waals surface area contributed by atoms with Gasteiger partial charge in [-0.15, -0.1) is 22.6 Å². The maximum absolute atomic E-state index is 4.27. The summed E-state index contributed by atoms with van der Waals surface area (Å²) in [6, 6.07) is 0. The predicted octanol–water partition coefficient (Wildman–Crippen LogP) is 1.09. The summed E-state index contributed by atoms with van der Waals surface area (Å²) in [5.74, 6) is 0. The van der Waals surface area contributed by atoms with E-state index in [1.54, 1.807) is 0 Å². The van der Waals surface area contributed by atoms with Crippen LogP contribution in [0.4, 0.5) is 0 Å². The molecule has 4 aliphatic rings. The van der Waals surface area contributed by atoms with E-state index < -0.39 is 22.1 Å². The Labute approximate surface area is 75.7 Å². The van der Waals surface area contributed by atoms with Gasteiger partial charge in [0.05, 0.1) is 11.4 Å². The van der Waals surface area contributed by atoms with E-state index in [0.29, 0.717) is 0 Å². The van der Waals surface area contributed by atoms with Crippen molar-refractivity contribution in [2.45, 2.75) is 0 Å². The predicted molar refractivity (Wildman–Crippen MR) is 51.4 cm³/mol. The first-order valence-corrected chi connectivity index (χ1v) is 8.07. The molecular weight excluding hydrogens is 244 g/mol. The van der Waals surface area contributed by atoms with Gasteiger partial charge < -0.3 is 0 Å². The molecule has 0 aliphatic carbocycles. The Morgan fingerprint density at radius 3 is 1.82 bits per heavy atom. The average molecular weight is 244 g/mol. The first-order chi connectivity index (χ1) is 5.42. The molecule has 0 fully saturated rings. The quantitative estimate of drug-likeness (QED) is 0.572. The number of rotatable bonds is 0. The molecule has 0 aromatic rings. The second-order valence-electron chi connectivity index (χ2n) is 1.48. The lowest BCUT2D eigenvalue weighted by Crippen LogP contribution is -1.77. The van der Waals surface area contributed by atoms with Gasteiger partial charge in [-0.25, -0.2) is 0 Å². The largest absolute Gasteiger partial charge is 0.174 e. The zero-order valence-corrected chi connectivity index (χ0v) is 8.81. The molecule has 4 aliphatic heterocycles. The van der Waals surface area contributed by atoms with Gasteiger partial charge in [0.25, 0.3) is 0 Å². The van der Waals surface area contributed by atoms with Gasteiger partial charge in [0, 0.05) is 0 Å². The molecule has 11 heteroatoms. The van der Waals surface area contributed by atoms with Gasteiger partial charge in [0.2, 0.25) is 0 Å². The lowest BCUT2D eigenvalue weighted by atomic mass is 13.8. The van der Waals surface area contributed by atoms with E-state index in [9.17, 15) is 0 Å². The van der Waals surface area contributed by atoms with E-state index >= 15 is 0 Å². The molecule has 0 saturated carbocycles. The zero-order valence-electron chi connectivity index (χ0n) is 4.72. The van der Waals surface area contributed by atoms with Crippen LogP contribution in [0.5, 0.6) is 0 Å². The highest BCUT2D eigenvalue weighted by molar-refractivity contribution is 8.67. The van der Waals surface area contributed by atoms with E-state index in [1.807, 2.05) is 0 Å². The van der Waals surface area contributed by atoms with Crippen LogP contribution in [0.1, 0.15) is 0 Å². The van der Waals surface area contributed by atoms with E-state index in [4.69, 9.17) is 0 Å². The van der Waals surface area contributed by atoms with Crippen molar-refractivity contribution in [1.29, 1.82) is 0 Å². The molecule has 0 saturated heterocycles. The van der Waals surface area contributed by atoms with Crippen molar-refractivity contribution in [1.82, 2.24) is 0 Å². The minimum atomic E-state index is -0.512. The highest BCUT2D eigenvalue weighted by Gasteiger charge is 2.22. The van der Waals surface area contributed by atoms with Gasteiger partial charge in [0.1, 0.15) is 19.8 Å². The molecule has 4 bridgehead atoms. The standard InChI is InChI=1S/N6S5/c1-7-2-9-5-10-3-8(1)4-11(10)6-9. The van der Waals surface area contributed by atoms with Crippen LogP contribution < -0.4 is 0 Å². The molecule has 6 nitrogen and oxygen atoms in total. The molecule has 4 atom stereocenters. The van der Waals surface area contributed by atoms with Crippen molar-refractivity contribution in [3.05, 3.63) is 0 Å². The van der Waals surface area contributed by atoms with Crippen LogP contribution in [0.2, 0.25) is 0 Å². The van der Waals surface area contributed by atoms with Crippen LogP contribution in [0, 0.1) is 0 Å². The normalized spacial score (nSPS) is 49.5. The Morgan fingerprint density at radius 1 is 0.727 bits per heavy atom. The van der Waals surface area contributed by atoms with Crippen LogP contribution >= 0.6 is 0 Å². The van der Waals surface area contributed by atoms with Crippen LogP contribution in [-0.2, 0) is 53.3 Å². The lowest BCUT2D eigenvalue weighted by molar-refractivity contribution is 1.78. The molecular formula is N6S5. The molecule has 11 heavy (non-hydrogen) atoms. The molecule has 4 heterocycles. The van der Waals surface area contributed by atoms with Gasteiger partial charge in [-0.3, -0.25) is 0 Å². The minimum Gasteiger partial charge on any atom is -0.124 e. The number of nitrogens with zero attached hydrogens (tertiary/aromatic N) is 6. The van der Waals surface area contributed by atoms with Crippen LogP contribution in [-0.4, -0.2) is 0 Å². The van der Waals surface area contributed by atoms with Gasteiger partial charge in [-0.1, -0.05) is 0 Å². The molecule has 0 amide bonds. The van der Waals surface area contributed by atoms with Gasteiger partial charge in [-0.05, 0) is 0 Å². The maximum Gasteiger partial charge on any atom is 0.174 e. The van der Waals surface area contributed by atoms with Crippen molar-refractivity contribution in [3.63, 3.8) is 0 Å². The third-order valence-electron chi connectivity index (χ3n) is 0.855. The van der Waals surface area contributed by atoms with E-state index in [1.165, 1.54) is 0 Å². The third kappa shape index (κ3) is 1.06. The third-order valence-corrected chi connectivity index (χ3v) is 9.89. The molecule has 0 N–H and O–H groups in total. The van der Waals surface area contributed by atoms with Crippen molar-refractivity contribution in [3.8, 4) is 0 Å². The topological polar surface area (TPSA) is 74.2 Å². The molecule has 4 rings (SSSR count). The highest BCUT2D eigenvalue weighted by atomic mass is 33.2. The van der Waals surface area contributed by atoms with Gasteiger partial charge in [0.15, 0.2) is 22.1 Å². The minimum absolute atomic E-state index is 0.308. The summed E-state index contributed by atoms with van der Waals surface area (Å²) in [4.78, 5) is 0. The highest BCUT2D eigenvalue weighted by Crippen LogP contribution is 2.25. The van der Waals surface area contributed by atoms with Crippen molar-refractivity contribution in [2.24, 2.45) is 22.6 Å². The molecule has 0 radical (unpaired) electrons. The van der Waals surface area contributed by atoms with Gasteiger partial charge >= 0.3 is 0 Å². The van der Waals surface area contributed by atoms with Crippen LogP contribution in [0.3, 0.4) is 0 Å². The van der Waals surface area contributed by atoms with Crippen molar-refractivity contribution >= 4 is 53.3 Å². The first-order valence-electron chi connectivity index (χ1n) is 2.36. The maximum atomic E-state index is 4.27. The van der Waals surface area contributed by atoms with E-state index in [0.717, 1.165) is 11.4 Å². The molecule has 0 spiro atoms. The molecule has 60 valence electrons. The molecule has 0 aromatic carbocycles. The summed E-state index contributed by atoms with van der Waals surface area (Å²) in [6.07, 6.45) is 0. The Balaban J connectivity index is 2.42. The Bertz CT molecular complexity index is 390. The fraction of sp³-hybridized carbons (Fsp3) is 0. The number of hydrogen-bond donors (Lipinski definition) is 0.